The molecule has 4 heterocycles. The van der Waals surface area contributed by atoms with Crippen LogP contribution in [0.2, 0.25) is 5.15 Å². The van der Waals surface area contributed by atoms with Crippen LogP contribution in [0.15, 0.2) is 12.1 Å². The van der Waals surface area contributed by atoms with Crippen molar-refractivity contribution in [2.75, 3.05) is 31.6 Å². The van der Waals surface area contributed by atoms with Crippen LogP contribution < -0.4 is 10.1 Å². The molecule has 0 saturated carbocycles. The smallest absolute Gasteiger partial charge is 0.221 e. The lowest BCUT2D eigenvalue weighted by molar-refractivity contribution is -0.0822. The second kappa shape index (κ2) is 9.03. The van der Waals surface area contributed by atoms with Crippen molar-refractivity contribution in [3.8, 4) is 18.0 Å². The number of hydrogen-bond acceptors (Lipinski definition) is 8. The lowest BCUT2D eigenvalue weighted by Gasteiger charge is -2.36. The van der Waals surface area contributed by atoms with Crippen LogP contribution in [0.1, 0.15) is 35.2 Å². The summed E-state index contributed by atoms with van der Waals surface area (Å²) in [4.78, 5) is 10.4. The summed E-state index contributed by atoms with van der Waals surface area (Å²) in [6.45, 7) is 4.12. The first-order chi connectivity index (χ1) is 15.0. The molecule has 1 saturated heterocycles. The molecule has 1 N–H and O–H groups in total. The van der Waals surface area contributed by atoms with Gasteiger partial charge in [-0.25, -0.2) is 4.98 Å². The fourth-order valence-corrected chi connectivity index (χ4v) is 4.05. The van der Waals surface area contributed by atoms with E-state index in [0.29, 0.717) is 44.1 Å². The molecule has 0 aromatic carbocycles. The molecule has 4 rings (SSSR count). The van der Waals surface area contributed by atoms with Gasteiger partial charge in [-0.2, -0.15) is 19.9 Å². The number of fused-ring (bicyclic) bond motifs is 1. The van der Waals surface area contributed by atoms with Crippen LogP contribution >= 0.6 is 11.6 Å². The molecule has 0 aliphatic carbocycles. The Hall–Kier alpha value is -2.98. The van der Waals surface area contributed by atoms with E-state index in [1.54, 1.807) is 6.07 Å². The highest BCUT2D eigenvalue weighted by Gasteiger charge is 2.30. The minimum Gasteiger partial charge on any atom is -0.469 e. The molecule has 0 radical (unpaired) electrons. The van der Waals surface area contributed by atoms with E-state index in [9.17, 15) is 9.65 Å². The molecule has 0 bridgehead atoms. The van der Waals surface area contributed by atoms with Crippen molar-refractivity contribution in [3.63, 3.8) is 0 Å². The summed E-state index contributed by atoms with van der Waals surface area (Å²) in [7, 11) is 0. The monoisotopic (exact) mass is 442 g/mol. The van der Waals surface area contributed by atoms with Crippen molar-refractivity contribution in [1.29, 1.82) is 10.5 Å². The maximum absolute atomic E-state index is 13.8. The van der Waals surface area contributed by atoms with E-state index in [1.165, 1.54) is 6.07 Å². The molecule has 31 heavy (non-hydrogen) atoms. The van der Waals surface area contributed by atoms with E-state index >= 15 is 0 Å². The van der Waals surface area contributed by atoms with Gasteiger partial charge in [-0.05, 0) is 31.0 Å². The van der Waals surface area contributed by atoms with Crippen molar-refractivity contribution in [1.82, 2.24) is 14.9 Å². The van der Waals surface area contributed by atoms with Crippen molar-refractivity contribution in [2.45, 2.75) is 32.0 Å². The lowest BCUT2D eigenvalue weighted by Crippen LogP contribution is -2.39. The summed E-state index contributed by atoms with van der Waals surface area (Å²) in [6.07, 6.45) is 0.485. The van der Waals surface area contributed by atoms with Crippen LogP contribution in [0.25, 0.3) is 0 Å². The van der Waals surface area contributed by atoms with E-state index in [2.05, 4.69) is 26.3 Å². The van der Waals surface area contributed by atoms with E-state index in [-0.39, 0.29) is 29.7 Å². The number of halogens is 2. The number of rotatable bonds is 6. The van der Waals surface area contributed by atoms with Crippen LogP contribution in [-0.4, -0.2) is 47.3 Å². The van der Waals surface area contributed by atoms with Gasteiger partial charge in [0, 0.05) is 30.3 Å². The third-order valence-electron chi connectivity index (χ3n) is 5.56. The average Bonchev–Trinajstić information content (AvgIpc) is 2.74. The van der Waals surface area contributed by atoms with Gasteiger partial charge in [-0.1, -0.05) is 11.6 Å². The molecule has 1 atom stereocenters. The second-order valence-corrected chi connectivity index (χ2v) is 7.77. The Bertz CT molecular complexity index is 1080. The third-order valence-corrected chi connectivity index (χ3v) is 5.84. The minimum atomic E-state index is -0.604. The molecule has 0 amide bonds. The molecule has 2 aromatic rings. The number of nitriles is 2. The Balaban J connectivity index is 1.64. The molecule has 2 aliphatic heterocycles. The highest BCUT2D eigenvalue weighted by Crippen LogP contribution is 2.36. The number of hydrogen-bond donors (Lipinski definition) is 1. The summed E-state index contributed by atoms with van der Waals surface area (Å²) in [5.74, 6) is 0.189. The fourth-order valence-electron chi connectivity index (χ4n) is 3.81. The molecule has 1 fully saturated rings. The Labute approximate surface area is 184 Å². The Morgan fingerprint density at radius 3 is 2.84 bits per heavy atom. The largest absolute Gasteiger partial charge is 0.469 e. The topological polar surface area (TPSA) is 107 Å². The van der Waals surface area contributed by atoms with Crippen molar-refractivity contribution in [3.05, 3.63) is 45.5 Å². The Morgan fingerprint density at radius 2 is 2.16 bits per heavy atom. The molecule has 2 aliphatic rings. The van der Waals surface area contributed by atoms with Crippen molar-refractivity contribution in [2.24, 2.45) is 0 Å². The van der Waals surface area contributed by atoms with Gasteiger partial charge >= 0.3 is 0 Å². The zero-order valence-electron chi connectivity index (χ0n) is 16.9. The summed E-state index contributed by atoms with van der Waals surface area (Å²) in [5, 5.41) is 21.6. The van der Waals surface area contributed by atoms with E-state index in [4.69, 9.17) is 26.3 Å². The van der Waals surface area contributed by atoms with Crippen LogP contribution in [0.3, 0.4) is 0 Å². The van der Waals surface area contributed by atoms with Crippen LogP contribution in [0.5, 0.6) is 5.88 Å². The summed E-state index contributed by atoms with van der Waals surface area (Å²) < 4.78 is 24.8. The molecular formula is C21H20ClFN6O2. The quantitative estimate of drug-likeness (QED) is 0.537. The van der Waals surface area contributed by atoms with Crippen LogP contribution in [0, 0.1) is 28.6 Å². The zero-order valence-corrected chi connectivity index (χ0v) is 17.6. The maximum Gasteiger partial charge on any atom is 0.221 e. The molecular weight excluding hydrogens is 423 g/mol. The molecule has 1 unspecified atom stereocenters. The molecule has 10 heteroatoms. The van der Waals surface area contributed by atoms with E-state index in [0.717, 1.165) is 16.7 Å². The number of ether oxygens (including phenoxy) is 2. The number of pyridine rings is 2. The minimum absolute atomic E-state index is 0.0919. The first kappa shape index (κ1) is 21.3. The van der Waals surface area contributed by atoms with Gasteiger partial charge in [0.15, 0.2) is 0 Å². The van der Waals surface area contributed by atoms with Gasteiger partial charge in [0.1, 0.15) is 29.7 Å². The highest BCUT2D eigenvalue weighted by molar-refractivity contribution is 6.30. The molecule has 8 nitrogen and oxygen atoms in total. The van der Waals surface area contributed by atoms with E-state index in [1.807, 2.05) is 13.0 Å². The van der Waals surface area contributed by atoms with Gasteiger partial charge < -0.3 is 14.8 Å². The third kappa shape index (κ3) is 4.26. The van der Waals surface area contributed by atoms with Crippen molar-refractivity contribution >= 4 is 17.4 Å². The Morgan fingerprint density at radius 1 is 1.35 bits per heavy atom. The SMILES string of the molecule is CC(c1ccc(F)nc1OC1COC1)N1CCc2c(NCC#N)nc(Cl)c(C#N)c2C1. The predicted molar refractivity (Wildman–Crippen MR) is 110 cm³/mol. The number of anilines is 1. The number of aromatic nitrogens is 2. The first-order valence-corrected chi connectivity index (χ1v) is 10.3. The van der Waals surface area contributed by atoms with Crippen molar-refractivity contribution < 1.29 is 13.9 Å². The van der Waals surface area contributed by atoms with E-state index < -0.39 is 5.95 Å². The van der Waals surface area contributed by atoms with Gasteiger partial charge in [-0.3, -0.25) is 4.90 Å². The van der Waals surface area contributed by atoms with Crippen LogP contribution in [0.4, 0.5) is 10.2 Å². The summed E-state index contributed by atoms with van der Waals surface area (Å²) in [6, 6.07) is 7.03. The van der Waals surface area contributed by atoms with Gasteiger partial charge in [0.2, 0.25) is 11.8 Å². The number of nitrogens with zero attached hydrogens (tertiary/aromatic N) is 5. The van der Waals surface area contributed by atoms with Crippen LogP contribution in [-0.2, 0) is 17.7 Å². The normalized spacial score (nSPS) is 17.1. The average molecular weight is 443 g/mol. The standard InChI is InChI=1S/C21H20ClFN6O2/c1-12(14-2-3-18(23)27-21(14)31-13-10-30-11-13)29-7-4-15-17(9-29)16(8-25)19(22)28-20(15)26-6-5-24/h2-3,12-13H,4,6-7,9-11H2,1H3,(H,26,28). The second-order valence-electron chi connectivity index (χ2n) is 7.41. The maximum atomic E-state index is 13.8. The number of nitrogens with one attached hydrogen (secondary N) is 1. The fraction of sp³-hybridized carbons (Fsp3) is 0.429. The summed E-state index contributed by atoms with van der Waals surface area (Å²) >= 11 is 6.25. The molecule has 2 aromatic heterocycles. The highest BCUT2D eigenvalue weighted by atomic mass is 35.5. The molecule has 160 valence electrons. The zero-order chi connectivity index (χ0) is 22.0. The van der Waals surface area contributed by atoms with Gasteiger partial charge in [0.05, 0.1) is 24.8 Å². The van der Waals surface area contributed by atoms with Gasteiger partial charge in [0.25, 0.3) is 0 Å². The first-order valence-electron chi connectivity index (χ1n) is 9.88. The summed E-state index contributed by atoms with van der Waals surface area (Å²) in [5.41, 5.74) is 2.76. The predicted octanol–water partition coefficient (Wildman–Crippen LogP) is 2.97. The molecule has 0 spiro atoms. The van der Waals surface area contributed by atoms with Gasteiger partial charge in [-0.15, -0.1) is 0 Å². The Kier molecular flexibility index (Phi) is 6.19. The lowest BCUT2D eigenvalue weighted by atomic mass is 9.94.